The Hall–Kier alpha value is -1.08. The van der Waals surface area contributed by atoms with E-state index in [0.717, 1.165) is 32.5 Å². The highest BCUT2D eigenvalue weighted by molar-refractivity contribution is 6.96. The average Bonchev–Trinajstić information content (AvgIpc) is 2.52. The molecular formula is C18H26O2Si. The van der Waals surface area contributed by atoms with Crippen molar-refractivity contribution in [3.63, 3.8) is 0 Å². The summed E-state index contributed by atoms with van der Waals surface area (Å²) in [5, 5.41) is 1.41. The van der Waals surface area contributed by atoms with Gasteiger partial charge < -0.3 is 9.47 Å². The number of rotatable bonds is 5. The maximum atomic E-state index is 5.72. The Labute approximate surface area is 129 Å². The van der Waals surface area contributed by atoms with Gasteiger partial charge in [0.1, 0.15) is 0 Å². The van der Waals surface area contributed by atoms with Crippen molar-refractivity contribution in [3.05, 3.63) is 30.3 Å². The normalized spacial score (nSPS) is 18.9. The standard InChI is InChI=1S/C18H26O2Si/c1-21(2,17-11-5-3-6-12-17)16-10-4-8-14-19-18-13-7-9-15-20-18/h3,5-6,11-12,18H,4,7-9,13-15H2,1-2H3. The SMILES string of the molecule is C[Si](C)(C#CCCCOC1CCCCO1)c1ccccc1. The zero-order valence-corrected chi connectivity index (χ0v) is 14.2. The monoisotopic (exact) mass is 302 g/mol. The molecule has 0 saturated carbocycles. The van der Waals surface area contributed by atoms with Crippen LogP contribution < -0.4 is 5.19 Å². The van der Waals surface area contributed by atoms with Crippen LogP contribution in [0.15, 0.2) is 30.3 Å². The fraction of sp³-hybridized carbons (Fsp3) is 0.556. The van der Waals surface area contributed by atoms with E-state index >= 15 is 0 Å². The van der Waals surface area contributed by atoms with Gasteiger partial charge in [0.05, 0.1) is 6.61 Å². The first kappa shape index (κ1) is 16.3. The quantitative estimate of drug-likeness (QED) is 0.471. The Kier molecular flexibility index (Phi) is 6.50. The van der Waals surface area contributed by atoms with Crippen molar-refractivity contribution in [3.8, 4) is 11.5 Å². The second-order valence-electron chi connectivity index (χ2n) is 6.06. The van der Waals surface area contributed by atoms with Crippen LogP contribution in [0.3, 0.4) is 0 Å². The predicted molar refractivity (Wildman–Crippen MR) is 90.1 cm³/mol. The summed E-state index contributed by atoms with van der Waals surface area (Å²) in [6.07, 6.45) is 5.37. The van der Waals surface area contributed by atoms with E-state index < -0.39 is 8.07 Å². The van der Waals surface area contributed by atoms with E-state index in [-0.39, 0.29) is 6.29 Å². The molecule has 1 aliphatic rings. The number of benzene rings is 1. The largest absolute Gasteiger partial charge is 0.353 e. The molecule has 0 aliphatic carbocycles. The fourth-order valence-corrected chi connectivity index (χ4v) is 4.17. The smallest absolute Gasteiger partial charge is 0.162 e. The fourth-order valence-electron chi connectivity index (χ4n) is 2.43. The second kappa shape index (κ2) is 8.38. The lowest BCUT2D eigenvalue weighted by Crippen LogP contribution is -2.39. The van der Waals surface area contributed by atoms with E-state index in [2.05, 4.69) is 54.9 Å². The maximum Gasteiger partial charge on any atom is 0.162 e. The molecule has 2 rings (SSSR count). The van der Waals surface area contributed by atoms with E-state index in [9.17, 15) is 0 Å². The van der Waals surface area contributed by atoms with Crippen molar-refractivity contribution in [1.29, 1.82) is 0 Å². The third kappa shape index (κ3) is 5.66. The summed E-state index contributed by atoms with van der Waals surface area (Å²) in [5.74, 6) is 3.35. The minimum absolute atomic E-state index is 0.0295. The molecule has 0 aromatic heterocycles. The van der Waals surface area contributed by atoms with Gasteiger partial charge in [0, 0.05) is 13.0 Å². The molecule has 1 heterocycles. The van der Waals surface area contributed by atoms with Crippen LogP contribution in [0.2, 0.25) is 13.1 Å². The first-order valence-corrected chi connectivity index (χ1v) is 11.0. The molecule has 1 aromatic carbocycles. The summed E-state index contributed by atoms with van der Waals surface area (Å²) < 4.78 is 11.3. The summed E-state index contributed by atoms with van der Waals surface area (Å²) in [6.45, 7) is 6.22. The van der Waals surface area contributed by atoms with Crippen molar-refractivity contribution >= 4 is 13.3 Å². The topological polar surface area (TPSA) is 18.5 Å². The molecule has 0 amide bonds. The van der Waals surface area contributed by atoms with Crippen molar-refractivity contribution < 1.29 is 9.47 Å². The lowest BCUT2D eigenvalue weighted by atomic mass is 10.2. The van der Waals surface area contributed by atoms with E-state index in [1.165, 1.54) is 18.0 Å². The number of hydrogen-bond acceptors (Lipinski definition) is 2. The van der Waals surface area contributed by atoms with Crippen LogP contribution in [0, 0.1) is 11.5 Å². The van der Waals surface area contributed by atoms with Gasteiger partial charge >= 0.3 is 0 Å². The molecule has 114 valence electrons. The number of ether oxygens (including phenoxy) is 2. The number of unbranched alkanes of at least 4 members (excludes halogenated alkanes) is 1. The van der Waals surface area contributed by atoms with Gasteiger partial charge in [-0.2, -0.15) is 0 Å². The zero-order valence-electron chi connectivity index (χ0n) is 13.2. The Morgan fingerprint density at radius 1 is 1.24 bits per heavy atom. The molecule has 1 atom stereocenters. The average molecular weight is 302 g/mol. The third-order valence-electron chi connectivity index (χ3n) is 3.78. The molecule has 0 bridgehead atoms. The molecule has 0 radical (unpaired) electrons. The second-order valence-corrected chi connectivity index (χ2v) is 10.1. The Balaban J connectivity index is 1.68. The molecule has 1 aromatic rings. The predicted octanol–water partition coefficient (Wildman–Crippen LogP) is 3.47. The van der Waals surface area contributed by atoms with Gasteiger partial charge in [0.2, 0.25) is 0 Å². The van der Waals surface area contributed by atoms with E-state index in [1.54, 1.807) is 0 Å². The van der Waals surface area contributed by atoms with Gasteiger partial charge in [-0.1, -0.05) is 43.4 Å². The Morgan fingerprint density at radius 2 is 2.05 bits per heavy atom. The van der Waals surface area contributed by atoms with Crippen molar-refractivity contribution in [2.45, 2.75) is 51.5 Å². The van der Waals surface area contributed by atoms with E-state index in [0.29, 0.717) is 0 Å². The molecule has 21 heavy (non-hydrogen) atoms. The lowest BCUT2D eigenvalue weighted by Gasteiger charge is -2.22. The molecule has 1 unspecified atom stereocenters. The first-order chi connectivity index (χ1) is 10.2. The summed E-state index contributed by atoms with van der Waals surface area (Å²) >= 11 is 0. The minimum atomic E-state index is -1.60. The molecule has 3 heteroatoms. The van der Waals surface area contributed by atoms with Crippen LogP contribution in [0.4, 0.5) is 0 Å². The summed E-state index contributed by atoms with van der Waals surface area (Å²) in [5.41, 5.74) is 3.52. The molecule has 2 nitrogen and oxygen atoms in total. The van der Waals surface area contributed by atoms with Gasteiger partial charge in [0.25, 0.3) is 0 Å². The summed E-state index contributed by atoms with van der Waals surface area (Å²) in [7, 11) is -1.60. The third-order valence-corrected chi connectivity index (χ3v) is 6.36. The van der Waals surface area contributed by atoms with Gasteiger partial charge in [-0.25, -0.2) is 0 Å². The lowest BCUT2D eigenvalue weighted by molar-refractivity contribution is -0.162. The van der Waals surface area contributed by atoms with Crippen LogP contribution in [0.1, 0.15) is 32.1 Å². The van der Waals surface area contributed by atoms with Crippen LogP contribution >= 0.6 is 0 Å². The van der Waals surface area contributed by atoms with Crippen molar-refractivity contribution in [2.24, 2.45) is 0 Å². The first-order valence-electron chi connectivity index (χ1n) is 7.97. The van der Waals surface area contributed by atoms with Gasteiger partial charge in [-0.05, 0) is 30.9 Å². The molecular weight excluding hydrogens is 276 g/mol. The van der Waals surface area contributed by atoms with Gasteiger partial charge in [-0.3, -0.25) is 0 Å². The van der Waals surface area contributed by atoms with Crippen molar-refractivity contribution in [1.82, 2.24) is 0 Å². The summed E-state index contributed by atoms with van der Waals surface area (Å²) in [4.78, 5) is 0. The van der Waals surface area contributed by atoms with Gasteiger partial charge in [-0.15, -0.1) is 11.5 Å². The maximum absolute atomic E-state index is 5.72. The zero-order chi connectivity index (χ0) is 15.0. The Morgan fingerprint density at radius 3 is 2.76 bits per heavy atom. The Bertz CT molecular complexity index is 467. The van der Waals surface area contributed by atoms with Crippen LogP contribution in [0.5, 0.6) is 0 Å². The number of hydrogen-bond donors (Lipinski definition) is 0. The highest BCUT2D eigenvalue weighted by Crippen LogP contribution is 2.13. The minimum Gasteiger partial charge on any atom is -0.353 e. The molecule has 1 saturated heterocycles. The summed E-state index contributed by atoms with van der Waals surface area (Å²) in [6, 6.07) is 10.7. The highest BCUT2D eigenvalue weighted by atomic mass is 28.3. The molecule has 0 spiro atoms. The van der Waals surface area contributed by atoms with Crippen molar-refractivity contribution in [2.75, 3.05) is 13.2 Å². The molecule has 0 N–H and O–H groups in total. The van der Waals surface area contributed by atoms with Crippen LogP contribution in [-0.4, -0.2) is 27.6 Å². The molecule has 1 fully saturated rings. The van der Waals surface area contributed by atoms with E-state index in [1.807, 2.05) is 0 Å². The highest BCUT2D eigenvalue weighted by Gasteiger charge is 2.20. The molecule has 1 aliphatic heterocycles. The van der Waals surface area contributed by atoms with Crippen LogP contribution in [-0.2, 0) is 9.47 Å². The van der Waals surface area contributed by atoms with Gasteiger partial charge in [0.15, 0.2) is 14.4 Å². The van der Waals surface area contributed by atoms with Crippen LogP contribution in [0.25, 0.3) is 0 Å². The van der Waals surface area contributed by atoms with E-state index in [4.69, 9.17) is 9.47 Å².